The zero-order valence-corrected chi connectivity index (χ0v) is 11.5. The fourth-order valence-electron chi connectivity index (χ4n) is 1.70. The second-order valence-electron chi connectivity index (χ2n) is 4.37. The van der Waals surface area contributed by atoms with Crippen molar-refractivity contribution in [2.24, 2.45) is 0 Å². The van der Waals surface area contributed by atoms with Gasteiger partial charge >= 0.3 is 0 Å². The average molecular weight is 280 g/mol. The normalized spacial score (nSPS) is 9.57. The van der Waals surface area contributed by atoms with E-state index in [2.05, 4.69) is 22.1 Å². The van der Waals surface area contributed by atoms with Gasteiger partial charge in [-0.2, -0.15) is 0 Å². The maximum Gasteiger partial charge on any atom is 0.270 e. The van der Waals surface area contributed by atoms with E-state index in [1.165, 1.54) is 0 Å². The summed E-state index contributed by atoms with van der Waals surface area (Å²) >= 11 is 0. The number of nitrogens with one attached hydrogen (secondary N) is 1. The number of rotatable bonds is 4. The van der Waals surface area contributed by atoms with E-state index in [1.54, 1.807) is 24.4 Å². The molecule has 4 nitrogen and oxygen atoms in total. The van der Waals surface area contributed by atoms with Crippen LogP contribution >= 0.6 is 0 Å². The molecule has 0 aliphatic rings. The van der Waals surface area contributed by atoms with Crippen molar-refractivity contribution in [3.63, 3.8) is 0 Å². The molecule has 0 radical (unpaired) electrons. The Morgan fingerprint density at radius 2 is 2.00 bits per heavy atom. The zero-order valence-electron chi connectivity index (χ0n) is 11.5. The van der Waals surface area contributed by atoms with Crippen LogP contribution in [0.5, 0.6) is 0 Å². The van der Waals surface area contributed by atoms with Gasteiger partial charge in [0.15, 0.2) is 0 Å². The largest absolute Gasteiger partial charge is 0.395 e. The van der Waals surface area contributed by atoms with E-state index >= 15 is 0 Å². The van der Waals surface area contributed by atoms with Crippen LogP contribution in [0.2, 0.25) is 0 Å². The van der Waals surface area contributed by atoms with E-state index in [9.17, 15) is 4.79 Å². The van der Waals surface area contributed by atoms with Gasteiger partial charge in [-0.25, -0.2) is 0 Å². The monoisotopic (exact) mass is 280 g/mol. The lowest BCUT2D eigenvalue weighted by molar-refractivity contribution is 0.0946. The summed E-state index contributed by atoms with van der Waals surface area (Å²) in [5.41, 5.74) is 2.29. The van der Waals surface area contributed by atoms with Crippen LogP contribution in [0.4, 0.5) is 0 Å². The highest BCUT2D eigenvalue weighted by Gasteiger charge is 2.05. The first kappa shape index (κ1) is 14.8. The van der Waals surface area contributed by atoms with E-state index in [1.807, 2.05) is 24.3 Å². The van der Waals surface area contributed by atoms with Gasteiger partial charge in [-0.1, -0.05) is 30.0 Å². The molecule has 2 rings (SSSR count). The molecule has 1 heterocycles. The van der Waals surface area contributed by atoms with Gasteiger partial charge in [0.1, 0.15) is 5.69 Å². The Hall–Kier alpha value is -2.64. The fraction of sp³-hybridized carbons (Fsp3) is 0.176. The number of pyridine rings is 1. The van der Waals surface area contributed by atoms with Gasteiger partial charge in [0.2, 0.25) is 0 Å². The fourth-order valence-corrected chi connectivity index (χ4v) is 1.70. The summed E-state index contributed by atoms with van der Waals surface area (Å²) in [6.45, 7) is 0.518. The number of nitrogens with zero attached hydrogens (tertiary/aromatic N) is 1. The Morgan fingerprint density at radius 3 is 2.67 bits per heavy atom. The lowest BCUT2D eigenvalue weighted by Crippen LogP contribution is -2.23. The van der Waals surface area contributed by atoms with E-state index in [0.717, 1.165) is 11.1 Å². The van der Waals surface area contributed by atoms with Crippen molar-refractivity contribution in [2.45, 2.75) is 13.0 Å². The smallest absolute Gasteiger partial charge is 0.270 e. The van der Waals surface area contributed by atoms with E-state index in [4.69, 9.17) is 5.11 Å². The lowest BCUT2D eigenvalue weighted by Gasteiger charge is -2.04. The van der Waals surface area contributed by atoms with Gasteiger partial charge in [0, 0.05) is 24.7 Å². The summed E-state index contributed by atoms with van der Waals surface area (Å²) in [4.78, 5) is 15.8. The minimum absolute atomic E-state index is 0.0740. The maximum atomic E-state index is 11.8. The number of carbonyl (C=O) groups excluding carboxylic acids is 1. The van der Waals surface area contributed by atoms with Crippen molar-refractivity contribution in [1.82, 2.24) is 10.3 Å². The molecule has 2 N–H and O–H groups in total. The molecular formula is C17H16N2O2. The Bertz CT molecular complexity index is 640. The Labute approximate surface area is 123 Å². The molecule has 2 aromatic rings. The van der Waals surface area contributed by atoms with Crippen molar-refractivity contribution < 1.29 is 9.90 Å². The van der Waals surface area contributed by atoms with Gasteiger partial charge in [-0.3, -0.25) is 9.78 Å². The highest BCUT2D eigenvalue weighted by atomic mass is 16.2. The van der Waals surface area contributed by atoms with Gasteiger partial charge in [0.25, 0.3) is 5.91 Å². The average Bonchev–Trinajstić information content (AvgIpc) is 2.55. The van der Waals surface area contributed by atoms with Gasteiger partial charge < -0.3 is 10.4 Å². The van der Waals surface area contributed by atoms with E-state index in [-0.39, 0.29) is 12.5 Å². The van der Waals surface area contributed by atoms with Gasteiger partial charge in [-0.15, -0.1) is 0 Å². The number of carbonyl (C=O) groups is 1. The Morgan fingerprint density at radius 1 is 1.19 bits per heavy atom. The highest BCUT2D eigenvalue weighted by Crippen LogP contribution is 2.04. The quantitative estimate of drug-likeness (QED) is 0.839. The van der Waals surface area contributed by atoms with Crippen LogP contribution in [0, 0.1) is 11.8 Å². The molecule has 0 aliphatic heterocycles. The number of aromatic nitrogens is 1. The van der Waals surface area contributed by atoms with Crippen LogP contribution < -0.4 is 5.32 Å². The molecule has 21 heavy (non-hydrogen) atoms. The summed E-state index contributed by atoms with van der Waals surface area (Å²) in [6.07, 6.45) is 2.07. The molecule has 0 bridgehead atoms. The summed E-state index contributed by atoms with van der Waals surface area (Å²) in [7, 11) is 0. The molecule has 1 amide bonds. The number of benzene rings is 1. The van der Waals surface area contributed by atoms with Crippen LogP contribution in [-0.2, 0) is 6.54 Å². The van der Waals surface area contributed by atoms with Crippen molar-refractivity contribution in [2.75, 3.05) is 6.61 Å². The molecule has 4 heteroatoms. The van der Waals surface area contributed by atoms with Crippen LogP contribution in [-0.4, -0.2) is 22.6 Å². The molecule has 0 aliphatic carbocycles. The minimum atomic E-state index is -0.192. The number of aliphatic hydroxyl groups is 1. The van der Waals surface area contributed by atoms with E-state index in [0.29, 0.717) is 18.7 Å². The topological polar surface area (TPSA) is 62.2 Å². The van der Waals surface area contributed by atoms with Crippen LogP contribution in [0.15, 0.2) is 48.7 Å². The highest BCUT2D eigenvalue weighted by molar-refractivity contribution is 5.92. The second kappa shape index (κ2) is 7.83. The van der Waals surface area contributed by atoms with Crippen molar-refractivity contribution in [3.8, 4) is 11.8 Å². The first-order valence-electron chi connectivity index (χ1n) is 6.67. The second-order valence-corrected chi connectivity index (χ2v) is 4.37. The van der Waals surface area contributed by atoms with Crippen molar-refractivity contribution in [3.05, 3.63) is 65.5 Å². The molecule has 0 saturated heterocycles. The summed E-state index contributed by atoms with van der Waals surface area (Å²) in [5.74, 6) is 5.63. The first-order valence-corrected chi connectivity index (χ1v) is 6.67. The molecule has 0 fully saturated rings. The van der Waals surface area contributed by atoms with E-state index < -0.39 is 0 Å². The van der Waals surface area contributed by atoms with Crippen LogP contribution in [0.1, 0.15) is 28.0 Å². The Balaban J connectivity index is 1.90. The standard InChI is InChI=1S/C17H16N2O2/c20-12-4-2-5-14-7-9-15(10-8-14)13-19-17(21)16-6-1-3-11-18-16/h1,3,6-11,20H,4,12-13H2,(H,19,21). The zero-order chi connectivity index (χ0) is 14.9. The third-order valence-electron chi connectivity index (χ3n) is 2.77. The number of amides is 1. The molecular weight excluding hydrogens is 264 g/mol. The summed E-state index contributed by atoms with van der Waals surface area (Å²) in [5, 5.41) is 11.5. The Kier molecular flexibility index (Phi) is 5.50. The van der Waals surface area contributed by atoms with Gasteiger partial charge in [0.05, 0.1) is 6.61 Å². The molecule has 1 aromatic carbocycles. The van der Waals surface area contributed by atoms with Gasteiger partial charge in [-0.05, 0) is 29.8 Å². The predicted molar refractivity (Wildman–Crippen MR) is 80.4 cm³/mol. The number of hydrogen-bond acceptors (Lipinski definition) is 3. The lowest BCUT2D eigenvalue weighted by atomic mass is 10.1. The molecule has 1 aromatic heterocycles. The number of hydrogen-bond donors (Lipinski definition) is 2. The van der Waals surface area contributed by atoms with Crippen LogP contribution in [0.3, 0.4) is 0 Å². The van der Waals surface area contributed by atoms with Crippen molar-refractivity contribution in [1.29, 1.82) is 0 Å². The maximum absolute atomic E-state index is 11.8. The summed E-state index contributed by atoms with van der Waals surface area (Å²) in [6, 6.07) is 12.9. The van der Waals surface area contributed by atoms with Crippen LogP contribution in [0.25, 0.3) is 0 Å². The molecule has 0 spiro atoms. The molecule has 0 atom stereocenters. The number of aliphatic hydroxyl groups excluding tert-OH is 1. The SMILES string of the molecule is O=C(NCc1ccc(C#CCCO)cc1)c1ccccn1. The molecule has 0 unspecified atom stereocenters. The third kappa shape index (κ3) is 4.75. The predicted octanol–water partition coefficient (Wildman–Crippen LogP) is 1.75. The first-order chi connectivity index (χ1) is 10.3. The summed E-state index contributed by atoms with van der Waals surface area (Å²) < 4.78 is 0. The molecule has 106 valence electrons. The van der Waals surface area contributed by atoms with Crippen molar-refractivity contribution >= 4 is 5.91 Å². The third-order valence-corrected chi connectivity index (χ3v) is 2.77. The molecule has 0 saturated carbocycles. The minimum Gasteiger partial charge on any atom is -0.395 e.